The van der Waals surface area contributed by atoms with E-state index in [1.165, 1.54) is 12.1 Å². The zero-order valence-electron chi connectivity index (χ0n) is 8.06. The van der Waals surface area contributed by atoms with Gasteiger partial charge in [-0.1, -0.05) is 6.07 Å². The summed E-state index contributed by atoms with van der Waals surface area (Å²) in [6.45, 7) is 1.87. The van der Waals surface area contributed by atoms with Crippen LogP contribution in [0.3, 0.4) is 0 Å². The number of rotatable bonds is 2. The number of hydrogen-bond acceptors (Lipinski definition) is 1. The third kappa shape index (κ3) is 1.32. The summed E-state index contributed by atoms with van der Waals surface area (Å²) < 4.78 is 26.1. The number of benzene rings is 1. The van der Waals surface area contributed by atoms with Crippen molar-refractivity contribution in [1.29, 1.82) is 0 Å². The minimum absolute atomic E-state index is 0.0811. The molecular formula is C11H13F2N. The van der Waals surface area contributed by atoms with Crippen molar-refractivity contribution < 1.29 is 8.78 Å². The van der Waals surface area contributed by atoms with Gasteiger partial charge in [0, 0.05) is 17.5 Å². The molecule has 1 fully saturated rings. The molecule has 1 aliphatic carbocycles. The minimum atomic E-state index is -0.535. The van der Waals surface area contributed by atoms with Gasteiger partial charge >= 0.3 is 0 Å². The molecule has 1 aliphatic rings. The van der Waals surface area contributed by atoms with Crippen LogP contribution in [0.4, 0.5) is 8.78 Å². The first-order valence-corrected chi connectivity index (χ1v) is 4.77. The van der Waals surface area contributed by atoms with E-state index >= 15 is 0 Å². The summed E-state index contributed by atoms with van der Waals surface area (Å²) in [5.41, 5.74) is 6.14. The standard InChI is InChI=1S/C11H13F2N/c1-7(14)11(4-5-11)9-3-2-8(12)6-10(9)13/h2-3,6-7H,4-5,14H2,1H3. The van der Waals surface area contributed by atoms with E-state index in [0.717, 1.165) is 18.9 Å². The minimum Gasteiger partial charge on any atom is -0.327 e. The zero-order chi connectivity index (χ0) is 10.3. The van der Waals surface area contributed by atoms with Crippen molar-refractivity contribution in [3.8, 4) is 0 Å². The Kier molecular flexibility index (Phi) is 2.07. The highest BCUT2D eigenvalue weighted by atomic mass is 19.1. The van der Waals surface area contributed by atoms with Gasteiger partial charge in [-0.2, -0.15) is 0 Å². The van der Waals surface area contributed by atoms with Crippen LogP contribution in [0.25, 0.3) is 0 Å². The second-order valence-corrected chi connectivity index (χ2v) is 4.07. The molecule has 14 heavy (non-hydrogen) atoms. The molecule has 2 N–H and O–H groups in total. The zero-order valence-corrected chi connectivity index (χ0v) is 8.06. The highest BCUT2D eigenvalue weighted by Gasteiger charge is 2.48. The van der Waals surface area contributed by atoms with Gasteiger partial charge in [0.25, 0.3) is 0 Å². The van der Waals surface area contributed by atoms with E-state index in [1.54, 1.807) is 0 Å². The van der Waals surface area contributed by atoms with Gasteiger partial charge in [0.2, 0.25) is 0 Å². The lowest BCUT2D eigenvalue weighted by Crippen LogP contribution is -2.32. The summed E-state index contributed by atoms with van der Waals surface area (Å²) in [6.07, 6.45) is 1.79. The number of nitrogens with two attached hydrogens (primary N) is 1. The lowest BCUT2D eigenvalue weighted by atomic mass is 9.89. The Morgan fingerprint density at radius 3 is 2.43 bits per heavy atom. The first kappa shape index (κ1) is 9.59. The van der Waals surface area contributed by atoms with E-state index in [2.05, 4.69) is 0 Å². The fourth-order valence-electron chi connectivity index (χ4n) is 2.00. The van der Waals surface area contributed by atoms with Crippen LogP contribution in [0.5, 0.6) is 0 Å². The van der Waals surface area contributed by atoms with Crippen molar-refractivity contribution in [2.75, 3.05) is 0 Å². The average Bonchev–Trinajstić information content (AvgIpc) is 2.84. The van der Waals surface area contributed by atoms with Crippen LogP contribution in [0, 0.1) is 11.6 Å². The number of hydrogen-bond donors (Lipinski definition) is 1. The molecule has 76 valence electrons. The molecule has 0 saturated heterocycles. The first-order chi connectivity index (χ1) is 6.56. The van der Waals surface area contributed by atoms with E-state index in [-0.39, 0.29) is 11.5 Å². The van der Waals surface area contributed by atoms with Gasteiger partial charge in [0.05, 0.1) is 0 Å². The normalized spacial score (nSPS) is 20.6. The molecule has 3 heteroatoms. The van der Waals surface area contributed by atoms with Crippen molar-refractivity contribution in [1.82, 2.24) is 0 Å². The monoisotopic (exact) mass is 197 g/mol. The summed E-state index contributed by atoms with van der Waals surface area (Å²) in [5.74, 6) is -1.01. The highest BCUT2D eigenvalue weighted by Crippen LogP contribution is 2.51. The smallest absolute Gasteiger partial charge is 0.129 e. The third-order valence-corrected chi connectivity index (χ3v) is 3.13. The Morgan fingerprint density at radius 2 is 2.00 bits per heavy atom. The molecule has 1 nitrogen and oxygen atoms in total. The van der Waals surface area contributed by atoms with Gasteiger partial charge in [0.15, 0.2) is 0 Å². The molecule has 1 atom stereocenters. The van der Waals surface area contributed by atoms with E-state index in [1.807, 2.05) is 6.92 Å². The topological polar surface area (TPSA) is 26.0 Å². The van der Waals surface area contributed by atoms with Crippen molar-refractivity contribution in [3.63, 3.8) is 0 Å². The second kappa shape index (κ2) is 3.02. The fraction of sp³-hybridized carbons (Fsp3) is 0.455. The third-order valence-electron chi connectivity index (χ3n) is 3.13. The van der Waals surface area contributed by atoms with Gasteiger partial charge in [-0.05, 0) is 31.4 Å². The highest BCUT2D eigenvalue weighted by molar-refractivity contribution is 5.34. The van der Waals surface area contributed by atoms with Gasteiger partial charge in [-0.25, -0.2) is 8.78 Å². The summed E-state index contributed by atoms with van der Waals surface area (Å²) in [6, 6.07) is 3.65. The van der Waals surface area contributed by atoms with Crippen molar-refractivity contribution >= 4 is 0 Å². The first-order valence-electron chi connectivity index (χ1n) is 4.77. The Morgan fingerprint density at radius 1 is 1.36 bits per heavy atom. The quantitative estimate of drug-likeness (QED) is 0.773. The molecule has 1 unspecified atom stereocenters. The predicted molar refractivity (Wildman–Crippen MR) is 50.9 cm³/mol. The molecule has 1 saturated carbocycles. The van der Waals surface area contributed by atoms with Crippen LogP contribution in [0.2, 0.25) is 0 Å². The van der Waals surface area contributed by atoms with Gasteiger partial charge < -0.3 is 5.73 Å². The van der Waals surface area contributed by atoms with E-state index < -0.39 is 11.6 Å². The molecular weight excluding hydrogens is 184 g/mol. The summed E-state index contributed by atoms with van der Waals surface area (Å²) in [5, 5.41) is 0. The largest absolute Gasteiger partial charge is 0.327 e. The maximum absolute atomic E-state index is 13.5. The summed E-state index contributed by atoms with van der Waals surface area (Å²) in [7, 11) is 0. The average molecular weight is 197 g/mol. The molecule has 0 spiro atoms. The SMILES string of the molecule is CC(N)C1(c2ccc(F)cc2F)CC1. The van der Waals surface area contributed by atoms with Crippen molar-refractivity contribution in [2.24, 2.45) is 5.73 Å². The van der Waals surface area contributed by atoms with Crippen LogP contribution >= 0.6 is 0 Å². The molecule has 1 aromatic carbocycles. The lowest BCUT2D eigenvalue weighted by molar-refractivity contribution is 0.503. The lowest BCUT2D eigenvalue weighted by Gasteiger charge is -2.20. The van der Waals surface area contributed by atoms with Gasteiger partial charge in [0.1, 0.15) is 11.6 Å². The maximum atomic E-state index is 13.5. The Hall–Kier alpha value is -0.960. The van der Waals surface area contributed by atoms with Crippen LogP contribution in [-0.2, 0) is 5.41 Å². The Labute approximate surface area is 81.9 Å². The molecule has 0 radical (unpaired) electrons. The summed E-state index contributed by atoms with van der Waals surface area (Å²) in [4.78, 5) is 0. The van der Waals surface area contributed by atoms with E-state index in [0.29, 0.717) is 5.56 Å². The molecule has 1 aromatic rings. The molecule has 2 rings (SSSR count). The molecule has 0 bridgehead atoms. The van der Waals surface area contributed by atoms with Gasteiger partial charge in [-0.3, -0.25) is 0 Å². The molecule has 0 heterocycles. The predicted octanol–water partition coefficient (Wildman–Crippen LogP) is 2.34. The van der Waals surface area contributed by atoms with Crippen LogP contribution in [0.1, 0.15) is 25.3 Å². The second-order valence-electron chi connectivity index (χ2n) is 4.07. The van der Waals surface area contributed by atoms with E-state index in [9.17, 15) is 8.78 Å². The van der Waals surface area contributed by atoms with Gasteiger partial charge in [-0.15, -0.1) is 0 Å². The van der Waals surface area contributed by atoms with Crippen LogP contribution in [0.15, 0.2) is 18.2 Å². The molecule has 0 amide bonds. The molecule has 0 aromatic heterocycles. The van der Waals surface area contributed by atoms with E-state index in [4.69, 9.17) is 5.73 Å². The van der Waals surface area contributed by atoms with Crippen molar-refractivity contribution in [3.05, 3.63) is 35.4 Å². The van der Waals surface area contributed by atoms with Crippen molar-refractivity contribution in [2.45, 2.75) is 31.2 Å². The Bertz CT molecular complexity index is 356. The number of halogens is 2. The summed E-state index contributed by atoms with van der Waals surface area (Å²) >= 11 is 0. The fourth-order valence-corrected chi connectivity index (χ4v) is 2.00. The van der Waals surface area contributed by atoms with Crippen LogP contribution in [-0.4, -0.2) is 6.04 Å². The maximum Gasteiger partial charge on any atom is 0.129 e. The molecule has 0 aliphatic heterocycles. The Balaban J connectivity index is 2.42. The van der Waals surface area contributed by atoms with Crippen LogP contribution < -0.4 is 5.73 Å².